The summed E-state index contributed by atoms with van der Waals surface area (Å²) in [6, 6.07) is 6.67. The van der Waals surface area contributed by atoms with E-state index < -0.39 is 10.5 Å². The molecule has 0 spiro atoms. The van der Waals surface area contributed by atoms with E-state index in [-0.39, 0.29) is 12.6 Å². The number of anilines is 1. The van der Waals surface area contributed by atoms with Crippen LogP contribution in [0.2, 0.25) is 0 Å². The zero-order valence-electron chi connectivity index (χ0n) is 7.54. The van der Waals surface area contributed by atoms with Crippen molar-refractivity contribution in [3.63, 3.8) is 0 Å². The van der Waals surface area contributed by atoms with Crippen LogP contribution >= 0.6 is 0 Å². The lowest BCUT2D eigenvalue weighted by Gasteiger charge is -2.24. The van der Waals surface area contributed by atoms with E-state index in [1.807, 2.05) is 0 Å². The van der Waals surface area contributed by atoms with E-state index in [1.54, 1.807) is 24.3 Å². The molecule has 1 N–H and O–H groups in total. The first-order valence-electron chi connectivity index (χ1n) is 4.14. The molecule has 0 unspecified atom stereocenters. The van der Waals surface area contributed by atoms with Crippen molar-refractivity contribution in [2.75, 3.05) is 11.7 Å². The maximum atomic E-state index is 11.4. The van der Waals surface area contributed by atoms with Crippen LogP contribution in [-0.2, 0) is 10.5 Å². The first kappa shape index (κ1) is 9.66. The Morgan fingerprint density at radius 3 is 2.80 bits per heavy atom. The minimum absolute atomic E-state index is 0.0594. The van der Waals surface area contributed by atoms with Gasteiger partial charge in [-0.1, -0.05) is 12.1 Å². The van der Waals surface area contributed by atoms with Crippen molar-refractivity contribution in [1.82, 2.24) is 5.32 Å². The van der Waals surface area contributed by atoms with Gasteiger partial charge in [0.15, 0.2) is 0 Å². The average Bonchev–Trinajstić information content (AvgIpc) is 2.22. The second-order valence-corrected chi connectivity index (χ2v) is 3.48. The van der Waals surface area contributed by atoms with Crippen LogP contribution in [0.25, 0.3) is 0 Å². The van der Waals surface area contributed by atoms with Crippen LogP contribution in [0.15, 0.2) is 28.7 Å². The van der Waals surface area contributed by atoms with Gasteiger partial charge in [-0.15, -0.1) is 0 Å². The number of benzene rings is 1. The standard InChI is InChI=1S/C8H7N3O3S/c12-8-6-3-1-2-4-7(6)11(5-9-8)10-15(13)14/h1-4H,5H2,(H,9,12). The summed E-state index contributed by atoms with van der Waals surface area (Å²) >= 11 is 0. The topological polar surface area (TPSA) is 78.8 Å². The number of hydrogen-bond donors (Lipinski definition) is 1. The largest absolute Gasteiger partial charge is 0.333 e. The molecule has 6 nitrogen and oxygen atoms in total. The van der Waals surface area contributed by atoms with E-state index in [1.165, 1.54) is 5.01 Å². The molecule has 0 atom stereocenters. The molecule has 15 heavy (non-hydrogen) atoms. The molecule has 78 valence electrons. The van der Waals surface area contributed by atoms with Crippen molar-refractivity contribution >= 4 is 22.1 Å². The Morgan fingerprint density at radius 1 is 1.33 bits per heavy atom. The molecule has 0 saturated carbocycles. The summed E-state index contributed by atoms with van der Waals surface area (Å²) in [5.41, 5.74) is 0.906. The quantitative estimate of drug-likeness (QED) is 0.739. The van der Waals surface area contributed by atoms with Crippen molar-refractivity contribution in [1.29, 1.82) is 0 Å². The Morgan fingerprint density at radius 2 is 2.07 bits per heavy atom. The minimum Gasteiger partial charge on any atom is -0.333 e. The number of hydrogen-bond acceptors (Lipinski definition) is 4. The van der Waals surface area contributed by atoms with Gasteiger partial charge in [-0.3, -0.25) is 4.79 Å². The summed E-state index contributed by atoms with van der Waals surface area (Å²) in [4.78, 5) is 11.4. The van der Waals surface area contributed by atoms with Crippen molar-refractivity contribution < 1.29 is 13.2 Å². The molecule has 0 bridgehead atoms. The zero-order chi connectivity index (χ0) is 10.8. The predicted octanol–water partition coefficient (Wildman–Crippen LogP) is 0.172. The number of rotatable bonds is 1. The number of carbonyl (C=O) groups is 1. The van der Waals surface area contributed by atoms with Gasteiger partial charge in [0, 0.05) is 0 Å². The molecule has 0 radical (unpaired) electrons. The molecule has 0 saturated heterocycles. The van der Waals surface area contributed by atoms with Gasteiger partial charge in [-0.2, -0.15) is 8.42 Å². The molecule has 0 aliphatic carbocycles. The number of carbonyl (C=O) groups excluding carboxylic acids is 1. The lowest BCUT2D eigenvalue weighted by atomic mass is 10.1. The molecule has 0 fully saturated rings. The van der Waals surface area contributed by atoms with Crippen molar-refractivity contribution in [2.24, 2.45) is 4.47 Å². The third kappa shape index (κ3) is 1.82. The normalized spacial score (nSPS) is 14.1. The molecule has 7 heteroatoms. The number of nitrogens with zero attached hydrogens (tertiary/aromatic N) is 2. The van der Waals surface area contributed by atoms with Crippen LogP contribution in [-0.4, -0.2) is 21.0 Å². The van der Waals surface area contributed by atoms with Gasteiger partial charge in [0.25, 0.3) is 5.91 Å². The Bertz CT molecular complexity index is 530. The summed E-state index contributed by atoms with van der Waals surface area (Å²) in [7, 11) is -2.53. The highest BCUT2D eigenvalue weighted by atomic mass is 32.2. The first-order valence-corrected chi connectivity index (χ1v) is 5.17. The van der Waals surface area contributed by atoms with E-state index in [0.29, 0.717) is 11.3 Å². The van der Waals surface area contributed by atoms with E-state index in [4.69, 9.17) is 0 Å². The summed E-state index contributed by atoms with van der Waals surface area (Å²) < 4.78 is 24.2. The smallest absolute Gasteiger partial charge is 0.333 e. The fourth-order valence-electron chi connectivity index (χ4n) is 1.37. The van der Waals surface area contributed by atoms with E-state index >= 15 is 0 Å². The van der Waals surface area contributed by atoms with Crippen LogP contribution in [0.4, 0.5) is 5.69 Å². The third-order valence-corrected chi connectivity index (χ3v) is 2.31. The van der Waals surface area contributed by atoms with Crippen LogP contribution in [0.5, 0.6) is 0 Å². The molecule has 1 amide bonds. The number of nitrogens with one attached hydrogen (secondary N) is 1. The molecule has 1 aromatic rings. The summed E-state index contributed by atoms with van der Waals surface area (Å²) in [6.07, 6.45) is 0. The Balaban J connectivity index is 2.54. The average molecular weight is 225 g/mol. The van der Waals surface area contributed by atoms with Gasteiger partial charge in [-0.05, 0) is 16.6 Å². The van der Waals surface area contributed by atoms with Gasteiger partial charge < -0.3 is 5.32 Å². The van der Waals surface area contributed by atoms with E-state index in [2.05, 4.69) is 9.79 Å². The minimum atomic E-state index is -2.53. The summed E-state index contributed by atoms with van der Waals surface area (Å²) in [5.74, 6) is -0.228. The lowest BCUT2D eigenvalue weighted by Crippen LogP contribution is -2.40. The second kappa shape index (κ2) is 3.70. The second-order valence-electron chi connectivity index (χ2n) is 2.88. The van der Waals surface area contributed by atoms with Gasteiger partial charge in [0.2, 0.25) is 0 Å². The molecular formula is C8H7N3O3S. The van der Waals surface area contributed by atoms with Gasteiger partial charge in [0.05, 0.1) is 11.3 Å². The Kier molecular flexibility index (Phi) is 2.38. The SMILES string of the molecule is O=C1NCN(N=S(=O)=O)c2ccccc21. The highest BCUT2D eigenvalue weighted by Crippen LogP contribution is 2.22. The number of amides is 1. The van der Waals surface area contributed by atoms with Gasteiger partial charge in [0.1, 0.15) is 6.67 Å². The fraction of sp³-hybridized carbons (Fsp3) is 0.125. The van der Waals surface area contributed by atoms with Crippen molar-refractivity contribution in [2.45, 2.75) is 0 Å². The molecular weight excluding hydrogens is 218 g/mol. The molecule has 1 aliphatic rings. The highest BCUT2D eigenvalue weighted by molar-refractivity contribution is 7.61. The van der Waals surface area contributed by atoms with Crippen molar-refractivity contribution in [3.05, 3.63) is 29.8 Å². The molecule has 2 rings (SSSR count). The third-order valence-electron chi connectivity index (χ3n) is 1.98. The predicted molar refractivity (Wildman–Crippen MR) is 52.6 cm³/mol. The molecule has 1 aromatic carbocycles. The van der Waals surface area contributed by atoms with Crippen LogP contribution in [0.3, 0.4) is 0 Å². The van der Waals surface area contributed by atoms with Crippen LogP contribution < -0.4 is 10.3 Å². The highest BCUT2D eigenvalue weighted by Gasteiger charge is 2.21. The number of para-hydroxylation sites is 1. The Labute approximate surface area is 87.2 Å². The van der Waals surface area contributed by atoms with Crippen molar-refractivity contribution in [3.8, 4) is 0 Å². The maximum absolute atomic E-state index is 11.4. The maximum Gasteiger partial charge on any atom is 0.333 e. The fourth-order valence-corrected chi connectivity index (χ4v) is 1.68. The van der Waals surface area contributed by atoms with Gasteiger partial charge >= 0.3 is 10.5 Å². The van der Waals surface area contributed by atoms with Crippen LogP contribution in [0.1, 0.15) is 10.4 Å². The molecule has 1 aliphatic heterocycles. The van der Waals surface area contributed by atoms with Crippen LogP contribution in [0, 0.1) is 0 Å². The van der Waals surface area contributed by atoms with Gasteiger partial charge in [-0.25, -0.2) is 5.01 Å². The Hall–Kier alpha value is -1.89. The molecule has 0 aromatic heterocycles. The summed E-state index contributed by atoms with van der Waals surface area (Å²) in [6.45, 7) is 0.0594. The zero-order valence-corrected chi connectivity index (χ0v) is 8.36. The van der Waals surface area contributed by atoms with E-state index in [9.17, 15) is 13.2 Å². The monoisotopic (exact) mass is 225 g/mol. The first-order chi connectivity index (χ1) is 7.18. The molecule has 1 heterocycles. The van der Waals surface area contributed by atoms with E-state index in [0.717, 1.165) is 0 Å². The number of fused-ring (bicyclic) bond motifs is 1. The summed E-state index contributed by atoms with van der Waals surface area (Å²) in [5, 5.41) is 3.74. The lowest BCUT2D eigenvalue weighted by molar-refractivity contribution is 0.0947.